The van der Waals surface area contributed by atoms with Crippen molar-refractivity contribution in [3.8, 4) is 0 Å². The number of nitrogen functional groups attached to an aromatic ring is 1. The van der Waals surface area contributed by atoms with E-state index in [0.717, 1.165) is 43.1 Å². The smallest absolute Gasteiger partial charge is 0.148 e. The fourth-order valence-electron chi connectivity index (χ4n) is 2.57. The molecule has 0 saturated carbocycles. The molecule has 0 aromatic carbocycles. The molecule has 2 heterocycles. The Balaban J connectivity index is 2.32. The van der Waals surface area contributed by atoms with E-state index in [-0.39, 0.29) is 0 Å². The van der Waals surface area contributed by atoms with Crippen LogP contribution in [0.25, 0.3) is 0 Å². The first-order valence-electron chi connectivity index (χ1n) is 6.63. The van der Waals surface area contributed by atoms with Crippen LogP contribution in [-0.2, 0) is 6.42 Å². The second-order valence-electron chi connectivity index (χ2n) is 5.75. The van der Waals surface area contributed by atoms with Gasteiger partial charge in [-0.1, -0.05) is 27.2 Å². The maximum atomic E-state index is 5.54. The molecule has 1 fully saturated rings. The molecule has 2 rings (SSSR count). The summed E-state index contributed by atoms with van der Waals surface area (Å²) < 4.78 is 0. The van der Waals surface area contributed by atoms with Gasteiger partial charge in [0.25, 0.3) is 0 Å². The Morgan fingerprint density at radius 3 is 2.78 bits per heavy atom. The quantitative estimate of drug-likeness (QED) is 0.630. The van der Waals surface area contributed by atoms with Gasteiger partial charge in [0.1, 0.15) is 18.0 Å². The van der Waals surface area contributed by atoms with Gasteiger partial charge in [-0.15, -0.1) is 0 Å². The van der Waals surface area contributed by atoms with E-state index in [4.69, 9.17) is 5.84 Å². The molecule has 0 aliphatic carbocycles. The van der Waals surface area contributed by atoms with E-state index in [2.05, 4.69) is 41.1 Å². The van der Waals surface area contributed by atoms with Crippen molar-refractivity contribution >= 4 is 11.6 Å². The van der Waals surface area contributed by atoms with Crippen LogP contribution >= 0.6 is 0 Å². The molecule has 1 aromatic rings. The van der Waals surface area contributed by atoms with Crippen molar-refractivity contribution in [2.75, 3.05) is 23.4 Å². The third-order valence-electron chi connectivity index (χ3n) is 3.54. The molecule has 3 N–H and O–H groups in total. The maximum absolute atomic E-state index is 5.54. The number of hydrazine groups is 1. The zero-order valence-corrected chi connectivity index (χ0v) is 11.5. The molecule has 5 heteroatoms. The summed E-state index contributed by atoms with van der Waals surface area (Å²) in [5.41, 5.74) is 4.19. The molecular weight excluding hydrogens is 226 g/mol. The van der Waals surface area contributed by atoms with Gasteiger partial charge in [0.15, 0.2) is 0 Å². The molecule has 0 amide bonds. The highest BCUT2D eigenvalue weighted by Gasteiger charge is 2.31. The molecule has 0 spiro atoms. The number of hydrogen-bond acceptors (Lipinski definition) is 5. The van der Waals surface area contributed by atoms with Gasteiger partial charge in [-0.2, -0.15) is 0 Å². The summed E-state index contributed by atoms with van der Waals surface area (Å²) >= 11 is 0. The third kappa shape index (κ3) is 2.56. The van der Waals surface area contributed by atoms with Crippen LogP contribution in [0, 0.1) is 5.41 Å². The van der Waals surface area contributed by atoms with Crippen LogP contribution in [0.3, 0.4) is 0 Å². The number of nitrogens with zero attached hydrogens (tertiary/aromatic N) is 3. The fraction of sp³-hybridized carbons (Fsp3) is 0.692. The minimum Gasteiger partial charge on any atom is -0.356 e. The highest BCUT2D eigenvalue weighted by molar-refractivity contribution is 5.59. The lowest BCUT2D eigenvalue weighted by Gasteiger charge is -2.23. The Labute approximate surface area is 109 Å². The number of nitrogens with two attached hydrogens (primary N) is 1. The van der Waals surface area contributed by atoms with Crippen LogP contribution in [0.2, 0.25) is 0 Å². The number of anilines is 2. The van der Waals surface area contributed by atoms with Crippen LogP contribution in [0.4, 0.5) is 11.6 Å². The van der Waals surface area contributed by atoms with E-state index in [0.29, 0.717) is 5.41 Å². The Kier molecular flexibility index (Phi) is 3.71. The summed E-state index contributed by atoms with van der Waals surface area (Å²) in [6.07, 6.45) is 4.81. The molecule has 0 radical (unpaired) electrons. The number of rotatable bonds is 4. The summed E-state index contributed by atoms with van der Waals surface area (Å²) in [6, 6.07) is 0. The number of nitrogens with one attached hydrogen (secondary N) is 1. The highest BCUT2D eigenvalue weighted by atomic mass is 15.3. The Hall–Kier alpha value is -1.36. The first-order chi connectivity index (χ1) is 8.57. The summed E-state index contributed by atoms with van der Waals surface area (Å²) in [5.74, 6) is 7.35. The minimum absolute atomic E-state index is 0.366. The second-order valence-corrected chi connectivity index (χ2v) is 5.75. The SMILES string of the molecule is CCCc1c(NN)ncnc1N1CCC(C)(C)C1. The van der Waals surface area contributed by atoms with Crippen molar-refractivity contribution in [1.29, 1.82) is 0 Å². The molecule has 100 valence electrons. The van der Waals surface area contributed by atoms with E-state index >= 15 is 0 Å². The van der Waals surface area contributed by atoms with Gasteiger partial charge in [0, 0.05) is 18.7 Å². The van der Waals surface area contributed by atoms with Crippen LogP contribution in [0.1, 0.15) is 39.2 Å². The van der Waals surface area contributed by atoms with Gasteiger partial charge >= 0.3 is 0 Å². The van der Waals surface area contributed by atoms with E-state index in [9.17, 15) is 0 Å². The van der Waals surface area contributed by atoms with Gasteiger partial charge in [-0.25, -0.2) is 15.8 Å². The van der Waals surface area contributed by atoms with Gasteiger partial charge < -0.3 is 10.3 Å². The molecule has 0 atom stereocenters. The number of hydrogen-bond donors (Lipinski definition) is 2. The first-order valence-corrected chi connectivity index (χ1v) is 6.63. The third-order valence-corrected chi connectivity index (χ3v) is 3.54. The predicted molar refractivity (Wildman–Crippen MR) is 74.4 cm³/mol. The van der Waals surface area contributed by atoms with Crippen molar-refractivity contribution in [1.82, 2.24) is 9.97 Å². The Morgan fingerprint density at radius 1 is 1.44 bits per heavy atom. The minimum atomic E-state index is 0.366. The molecule has 1 aliphatic rings. The molecule has 1 saturated heterocycles. The van der Waals surface area contributed by atoms with Crippen molar-refractivity contribution < 1.29 is 0 Å². The van der Waals surface area contributed by atoms with E-state index in [1.807, 2.05) is 0 Å². The maximum Gasteiger partial charge on any atom is 0.148 e. The second kappa shape index (κ2) is 5.10. The lowest BCUT2D eigenvalue weighted by Crippen LogP contribution is -2.26. The summed E-state index contributed by atoms with van der Waals surface area (Å²) in [7, 11) is 0. The monoisotopic (exact) mass is 249 g/mol. The fourth-order valence-corrected chi connectivity index (χ4v) is 2.57. The Morgan fingerprint density at radius 2 is 2.22 bits per heavy atom. The zero-order chi connectivity index (χ0) is 13.2. The predicted octanol–water partition coefficient (Wildman–Crippen LogP) is 1.95. The van der Waals surface area contributed by atoms with Crippen molar-refractivity contribution in [2.45, 2.75) is 40.0 Å². The van der Waals surface area contributed by atoms with Crippen molar-refractivity contribution in [3.63, 3.8) is 0 Å². The summed E-state index contributed by atoms with van der Waals surface area (Å²) in [6.45, 7) is 8.87. The lowest BCUT2D eigenvalue weighted by atomic mass is 9.93. The topological polar surface area (TPSA) is 67.1 Å². The van der Waals surface area contributed by atoms with Gasteiger partial charge in [0.05, 0.1) is 0 Å². The molecule has 1 aromatic heterocycles. The van der Waals surface area contributed by atoms with E-state index < -0.39 is 0 Å². The molecular formula is C13H23N5. The van der Waals surface area contributed by atoms with Gasteiger partial charge in [0.2, 0.25) is 0 Å². The largest absolute Gasteiger partial charge is 0.356 e. The zero-order valence-electron chi connectivity index (χ0n) is 11.5. The van der Waals surface area contributed by atoms with Crippen LogP contribution in [0.15, 0.2) is 6.33 Å². The molecule has 0 unspecified atom stereocenters. The van der Waals surface area contributed by atoms with E-state index in [1.165, 1.54) is 6.42 Å². The molecule has 18 heavy (non-hydrogen) atoms. The average molecular weight is 249 g/mol. The number of aromatic nitrogens is 2. The highest BCUT2D eigenvalue weighted by Crippen LogP contribution is 2.34. The standard InChI is InChI=1S/C13H23N5/c1-4-5-10-11(17-14)15-9-16-12(10)18-7-6-13(2,3)8-18/h9H,4-8,14H2,1-3H3,(H,15,16,17). The van der Waals surface area contributed by atoms with Crippen molar-refractivity contribution in [3.05, 3.63) is 11.9 Å². The lowest BCUT2D eigenvalue weighted by molar-refractivity contribution is 0.418. The molecule has 5 nitrogen and oxygen atoms in total. The Bertz CT molecular complexity index is 416. The molecule has 1 aliphatic heterocycles. The summed E-state index contributed by atoms with van der Waals surface area (Å²) in [4.78, 5) is 11.0. The van der Waals surface area contributed by atoms with E-state index in [1.54, 1.807) is 6.33 Å². The van der Waals surface area contributed by atoms with Crippen LogP contribution in [0.5, 0.6) is 0 Å². The van der Waals surface area contributed by atoms with Crippen molar-refractivity contribution in [2.24, 2.45) is 11.3 Å². The van der Waals surface area contributed by atoms with Gasteiger partial charge in [-0.3, -0.25) is 0 Å². The van der Waals surface area contributed by atoms with Gasteiger partial charge in [-0.05, 0) is 18.3 Å². The van der Waals surface area contributed by atoms with Crippen LogP contribution in [-0.4, -0.2) is 23.1 Å². The first kappa shape index (κ1) is 13.1. The average Bonchev–Trinajstić information content (AvgIpc) is 2.70. The molecule has 0 bridgehead atoms. The normalized spacial score (nSPS) is 18.1. The summed E-state index contributed by atoms with van der Waals surface area (Å²) in [5, 5.41) is 0. The van der Waals surface area contributed by atoms with Crippen LogP contribution < -0.4 is 16.2 Å².